The Labute approximate surface area is 110 Å². The van der Waals surface area contributed by atoms with E-state index in [0.29, 0.717) is 17.9 Å². The Morgan fingerprint density at radius 1 is 0.789 bits per heavy atom. The highest BCUT2D eigenvalue weighted by Gasteiger charge is 2.14. The van der Waals surface area contributed by atoms with Gasteiger partial charge in [-0.15, -0.1) is 0 Å². The molecule has 0 saturated heterocycles. The van der Waals surface area contributed by atoms with E-state index >= 15 is 0 Å². The third-order valence-electron chi connectivity index (χ3n) is 2.89. The van der Waals surface area contributed by atoms with Crippen molar-refractivity contribution in [1.29, 1.82) is 0 Å². The van der Waals surface area contributed by atoms with Crippen molar-refractivity contribution < 1.29 is 8.83 Å². The lowest BCUT2D eigenvalue weighted by Crippen LogP contribution is -1.89. The number of rotatable bonds is 3. The van der Waals surface area contributed by atoms with Crippen LogP contribution in [0, 0.1) is 0 Å². The van der Waals surface area contributed by atoms with Gasteiger partial charge in [-0.3, -0.25) is 0 Å². The molecule has 0 atom stereocenters. The van der Waals surface area contributed by atoms with E-state index < -0.39 is 5.82 Å². The lowest BCUT2D eigenvalue weighted by atomic mass is 10.1. The van der Waals surface area contributed by atoms with Gasteiger partial charge in [0.25, 0.3) is 0 Å². The predicted molar refractivity (Wildman–Crippen MR) is 71.9 cm³/mol. The number of hydrogen-bond donors (Lipinski definition) is 0. The van der Waals surface area contributed by atoms with E-state index in [1.165, 1.54) is 0 Å². The molecule has 1 heterocycles. The van der Waals surface area contributed by atoms with Crippen molar-refractivity contribution in [3.8, 4) is 11.3 Å². The molecular weight excluding hydrogens is 240 g/mol. The van der Waals surface area contributed by atoms with Crippen LogP contribution in [0.15, 0.2) is 74.3 Å². The van der Waals surface area contributed by atoms with E-state index in [0.717, 1.165) is 11.1 Å². The molecule has 3 aromatic rings. The third-order valence-corrected chi connectivity index (χ3v) is 2.89. The van der Waals surface area contributed by atoms with Crippen molar-refractivity contribution >= 4 is 0 Å². The molecule has 0 fully saturated rings. The molecule has 0 aliphatic rings. The summed E-state index contributed by atoms with van der Waals surface area (Å²) in [5.41, 5.74) is 1.92. The van der Waals surface area contributed by atoms with Gasteiger partial charge in [-0.2, -0.15) is 0 Å². The third kappa shape index (κ3) is 2.50. The summed E-state index contributed by atoms with van der Waals surface area (Å²) in [5, 5.41) is 0. The standard InChI is InChI=1S/C16H12O3/c17-16-18-14(11-12-7-3-1-4-8-12)15(19-16)13-9-5-2-6-10-13/h1-10H,11H2. The summed E-state index contributed by atoms with van der Waals surface area (Å²) in [7, 11) is 0. The van der Waals surface area contributed by atoms with Gasteiger partial charge in [-0.1, -0.05) is 60.7 Å². The smallest absolute Gasteiger partial charge is 0.395 e. The van der Waals surface area contributed by atoms with Crippen LogP contribution in [0.4, 0.5) is 0 Å². The minimum Gasteiger partial charge on any atom is -0.395 e. The molecule has 0 spiro atoms. The highest BCUT2D eigenvalue weighted by Crippen LogP contribution is 2.24. The zero-order valence-electron chi connectivity index (χ0n) is 10.2. The van der Waals surface area contributed by atoms with Gasteiger partial charge in [-0.25, -0.2) is 4.79 Å². The molecule has 3 nitrogen and oxygen atoms in total. The first kappa shape index (κ1) is 11.5. The molecule has 1 aromatic heterocycles. The van der Waals surface area contributed by atoms with E-state index in [4.69, 9.17) is 8.83 Å². The van der Waals surface area contributed by atoms with Gasteiger partial charge >= 0.3 is 5.82 Å². The van der Waals surface area contributed by atoms with E-state index in [1.54, 1.807) is 0 Å². The Bertz CT molecular complexity index is 709. The average molecular weight is 252 g/mol. The maximum atomic E-state index is 11.3. The fraction of sp³-hybridized carbons (Fsp3) is 0.0625. The average Bonchev–Trinajstić information content (AvgIpc) is 2.82. The second kappa shape index (κ2) is 4.98. The molecule has 3 heteroatoms. The maximum absolute atomic E-state index is 11.3. The van der Waals surface area contributed by atoms with E-state index in [-0.39, 0.29) is 0 Å². The van der Waals surface area contributed by atoms with E-state index in [2.05, 4.69) is 0 Å². The van der Waals surface area contributed by atoms with Gasteiger partial charge in [0.05, 0.1) is 0 Å². The van der Waals surface area contributed by atoms with Crippen LogP contribution in [0.2, 0.25) is 0 Å². The largest absolute Gasteiger partial charge is 0.519 e. The molecule has 0 aliphatic carbocycles. The molecule has 0 unspecified atom stereocenters. The molecule has 2 aromatic carbocycles. The second-order valence-electron chi connectivity index (χ2n) is 4.23. The molecule has 0 saturated carbocycles. The van der Waals surface area contributed by atoms with Gasteiger partial charge in [0.2, 0.25) is 0 Å². The van der Waals surface area contributed by atoms with Crippen molar-refractivity contribution in [2.45, 2.75) is 6.42 Å². The van der Waals surface area contributed by atoms with Crippen molar-refractivity contribution in [1.82, 2.24) is 0 Å². The first-order valence-corrected chi connectivity index (χ1v) is 6.05. The zero-order chi connectivity index (χ0) is 13.1. The van der Waals surface area contributed by atoms with Crippen LogP contribution in [-0.2, 0) is 6.42 Å². The number of hydrogen-bond acceptors (Lipinski definition) is 3. The maximum Gasteiger partial charge on any atom is 0.519 e. The monoisotopic (exact) mass is 252 g/mol. The van der Waals surface area contributed by atoms with Crippen LogP contribution >= 0.6 is 0 Å². The summed E-state index contributed by atoms with van der Waals surface area (Å²) in [6, 6.07) is 19.3. The molecule has 0 bridgehead atoms. The van der Waals surface area contributed by atoms with Crippen molar-refractivity contribution in [3.05, 3.63) is 82.6 Å². The minimum atomic E-state index is -0.662. The molecule has 3 rings (SSSR count). The van der Waals surface area contributed by atoms with Crippen molar-refractivity contribution in [3.63, 3.8) is 0 Å². The van der Waals surface area contributed by atoms with Gasteiger partial charge in [0, 0.05) is 12.0 Å². The van der Waals surface area contributed by atoms with Crippen LogP contribution in [0.3, 0.4) is 0 Å². The predicted octanol–water partition coefficient (Wildman–Crippen LogP) is 3.49. The first-order valence-electron chi connectivity index (χ1n) is 6.05. The fourth-order valence-corrected chi connectivity index (χ4v) is 2.02. The summed E-state index contributed by atoms with van der Waals surface area (Å²) in [6.07, 6.45) is 0.538. The van der Waals surface area contributed by atoms with Crippen LogP contribution < -0.4 is 5.82 Å². The second-order valence-corrected chi connectivity index (χ2v) is 4.23. The lowest BCUT2D eigenvalue weighted by Gasteiger charge is -2.00. The molecule has 0 aliphatic heterocycles. The topological polar surface area (TPSA) is 43.4 Å². The van der Waals surface area contributed by atoms with Crippen molar-refractivity contribution in [2.75, 3.05) is 0 Å². The fourth-order valence-electron chi connectivity index (χ4n) is 2.02. The summed E-state index contributed by atoms with van der Waals surface area (Å²) < 4.78 is 10.3. The Balaban J connectivity index is 2.01. The minimum absolute atomic E-state index is 0.509. The highest BCUT2D eigenvalue weighted by atomic mass is 16.6. The van der Waals surface area contributed by atoms with Gasteiger partial charge < -0.3 is 8.83 Å². The van der Waals surface area contributed by atoms with E-state index in [1.807, 2.05) is 60.7 Å². The van der Waals surface area contributed by atoms with Crippen LogP contribution in [0.5, 0.6) is 0 Å². The number of benzene rings is 2. The molecule has 0 radical (unpaired) electrons. The van der Waals surface area contributed by atoms with Crippen LogP contribution in [-0.4, -0.2) is 0 Å². The van der Waals surface area contributed by atoms with Crippen LogP contribution in [0.25, 0.3) is 11.3 Å². The van der Waals surface area contributed by atoms with Crippen molar-refractivity contribution in [2.24, 2.45) is 0 Å². The molecule has 19 heavy (non-hydrogen) atoms. The molecule has 0 N–H and O–H groups in total. The van der Waals surface area contributed by atoms with Gasteiger partial charge in [0.15, 0.2) is 11.5 Å². The Morgan fingerprint density at radius 2 is 1.42 bits per heavy atom. The lowest BCUT2D eigenvalue weighted by molar-refractivity contribution is 0.378. The molecule has 94 valence electrons. The SMILES string of the molecule is O=c1oc(Cc2ccccc2)c(-c2ccccc2)o1. The Kier molecular flexibility index (Phi) is 3.02. The zero-order valence-corrected chi connectivity index (χ0v) is 10.2. The Morgan fingerprint density at radius 3 is 2.11 bits per heavy atom. The van der Waals surface area contributed by atoms with Crippen LogP contribution in [0.1, 0.15) is 11.3 Å². The van der Waals surface area contributed by atoms with Gasteiger partial charge in [-0.05, 0) is 5.56 Å². The quantitative estimate of drug-likeness (QED) is 0.716. The summed E-state index contributed by atoms with van der Waals surface area (Å²) >= 11 is 0. The first-order chi connectivity index (χ1) is 9.33. The Hall–Kier alpha value is -2.55. The van der Waals surface area contributed by atoms with Gasteiger partial charge in [0.1, 0.15) is 0 Å². The summed E-state index contributed by atoms with van der Waals surface area (Å²) in [6.45, 7) is 0. The summed E-state index contributed by atoms with van der Waals surface area (Å²) in [5.74, 6) is 0.404. The van der Waals surface area contributed by atoms with E-state index in [9.17, 15) is 4.79 Å². The highest BCUT2D eigenvalue weighted by molar-refractivity contribution is 5.59. The molecule has 0 amide bonds. The summed E-state index contributed by atoms with van der Waals surface area (Å²) in [4.78, 5) is 11.3. The normalized spacial score (nSPS) is 10.5. The molecular formula is C16H12O3.